The first kappa shape index (κ1) is 25.0. The lowest BCUT2D eigenvalue weighted by atomic mass is 10.1. The number of nitrogens with zero attached hydrogens (tertiary/aromatic N) is 1. The predicted octanol–water partition coefficient (Wildman–Crippen LogP) is 6.23. The van der Waals surface area contributed by atoms with Crippen molar-refractivity contribution >= 4 is 28.1 Å². The van der Waals surface area contributed by atoms with Crippen molar-refractivity contribution in [2.75, 3.05) is 13.7 Å². The van der Waals surface area contributed by atoms with Gasteiger partial charge in [0.15, 0.2) is 18.1 Å². The number of carbonyl (C=O) groups excluding carboxylic acids is 1. The quantitative estimate of drug-likeness (QED) is 0.190. The number of rotatable bonds is 10. The molecule has 1 N–H and O–H groups in total. The van der Waals surface area contributed by atoms with E-state index in [1.54, 1.807) is 13.2 Å². The van der Waals surface area contributed by atoms with Gasteiger partial charge in [0, 0.05) is 0 Å². The lowest BCUT2D eigenvalue weighted by Crippen LogP contribution is -2.24. The molecule has 4 aromatic carbocycles. The minimum Gasteiger partial charge on any atom is -0.493 e. The minimum atomic E-state index is -0.368. The van der Waals surface area contributed by atoms with E-state index in [2.05, 4.69) is 26.5 Å². The van der Waals surface area contributed by atoms with E-state index < -0.39 is 0 Å². The molecule has 0 unspecified atom stereocenters. The number of amides is 1. The number of hydrogen-bond donors (Lipinski definition) is 1. The van der Waals surface area contributed by atoms with Crippen LogP contribution in [0.5, 0.6) is 17.2 Å². The van der Waals surface area contributed by atoms with E-state index in [0.717, 1.165) is 22.3 Å². The third kappa shape index (κ3) is 6.96. The molecule has 0 spiro atoms. The molecule has 36 heavy (non-hydrogen) atoms. The Morgan fingerprint density at radius 1 is 0.889 bits per heavy atom. The second-order valence-corrected chi connectivity index (χ2v) is 8.63. The zero-order valence-corrected chi connectivity index (χ0v) is 21.3. The fourth-order valence-electron chi connectivity index (χ4n) is 3.42. The van der Waals surface area contributed by atoms with E-state index in [1.165, 1.54) is 6.21 Å². The predicted molar refractivity (Wildman–Crippen MR) is 145 cm³/mol. The van der Waals surface area contributed by atoms with Crippen LogP contribution >= 0.6 is 15.9 Å². The third-order valence-corrected chi connectivity index (χ3v) is 5.80. The first-order chi connectivity index (χ1) is 17.6. The summed E-state index contributed by atoms with van der Waals surface area (Å²) in [6, 6.07) is 31.1. The topological polar surface area (TPSA) is 69.2 Å². The molecule has 0 aromatic heterocycles. The van der Waals surface area contributed by atoms with Crippen LogP contribution in [0.3, 0.4) is 0 Å². The smallest absolute Gasteiger partial charge is 0.277 e. The van der Waals surface area contributed by atoms with E-state index in [1.807, 2.05) is 91.0 Å². The van der Waals surface area contributed by atoms with Gasteiger partial charge in [0.2, 0.25) is 0 Å². The molecule has 0 atom stereocenters. The summed E-state index contributed by atoms with van der Waals surface area (Å²) in [5.74, 6) is 1.38. The zero-order chi connectivity index (χ0) is 25.2. The van der Waals surface area contributed by atoms with Crippen molar-refractivity contribution < 1.29 is 19.0 Å². The van der Waals surface area contributed by atoms with Crippen LogP contribution in [0.4, 0.5) is 0 Å². The first-order valence-corrected chi connectivity index (χ1v) is 12.1. The largest absolute Gasteiger partial charge is 0.493 e. The Hall–Kier alpha value is -4.10. The van der Waals surface area contributed by atoms with Gasteiger partial charge in [-0.25, -0.2) is 5.43 Å². The summed E-state index contributed by atoms with van der Waals surface area (Å²) in [5, 5.41) is 4.03. The van der Waals surface area contributed by atoms with Crippen LogP contribution in [0.15, 0.2) is 107 Å². The Kier molecular flexibility index (Phi) is 8.72. The summed E-state index contributed by atoms with van der Waals surface area (Å²) >= 11 is 3.53. The van der Waals surface area contributed by atoms with Gasteiger partial charge in [-0.2, -0.15) is 5.10 Å². The van der Waals surface area contributed by atoms with Gasteiger partial charge in [0.25, 0.3) is 5.91 Å². The molecule has 4 aromatic rings. The Morgan fingerprint density at radius 3 is 2.25 bits per heavy atom. The van der Waals surface area contributed by atoms with E-state index in [0.29, 0.717) is 28.3 Å². The Balaban J connectivity index is 1.29. The second kappa shape index (κ2) is 12.6. The maximum Gasteiger partial charge on any atom is 0.277 e. The first-order valence-electron chi connectivity index (χ1n) is 11.3. The number of carbonyl (C=O) groups is 1. The lowest BCUT2D eigenvalue weighted by molar-refractivity contribution is -0.123. The van der Waals surface area contributed by atoms with Crippen molar-refractivity contribution in [3.8, 4) is 28.4 Å². The number of halogens is 1. The molecule has 4 rings (SSSR count). The Morgan fingerprint density at radius 2 is 1.56 bits per heavy atom. The van der Waals surface area contributed by atoms with E-state index in [4.69, 9.17) is 14.2 Å². The Labute approximate surface area is 218 Å². The van der Waals surface area contributed by atoms with Gasteiger partial charge in [-0.05, 0) is 62.4 Å². The van der Waals surface area contributed by atoms with Gasteiger partial charge < -0.3 is 14.2 Å². The fourth-order valence-corrected chi connectivity index (χ4v) is 3.99. The average molecular weight is 545 g/mol. The summed E-state index contributed by atoms with van der Waals surface area (Å²) < 4.78 is 17.7. The molecular weight excluding hydrogens is 520 g/mol. The second-order valence-electron chi connectivity index (χ2n) is 7.78. The molecular formula is C29H25BrN2O4. The molecule has 7 heteroatoms. The molecule has 0 aliphatic carbocycles. The van der Waals surface area contributed by atoms with Gasteiger partial charge in [-0.3, -0.25) is 4.79 Å². The van der Waals surface area contributed by atoms with Crippen LogP contribution in [-0.2, 0) is 11.4 Å². The van der Waals surface area contributed by atoms with Crippen LogP contribution in [0, 0.1) is 0 Å². The monoisotopic (exact) mass is 544 g/mol. The van der Waals surface area contributed by atoms with Gasteiger partial charge >= 0.3 is 0 Å². The van der Waals surface area contributed by atoms with Gasteiger partial charge in [-0.15, -0.1) is 0 Å². The van der Waals surface area contributed by atoms with Crippen molar-refractivity contribution in [3.63, 3.8) is 0 Å². The summed E-state index contributed by atoms with van der Waals surface area (Å²) in [6.45, 7) is 0.260. The fraction of sp³-hybridized carbons (Fsp3) is 0.103. The molecule has 0 fully saturated rings. The van der Waals surface area contributed by atoms with E-state index in [-0.39, 0.29) is 12.5 Å². The molecule has 0 heterocycles. The molecule has 0 saturated carbocycles. The lowest BCUT2D eigenvalue weighted by Gasteiger charge is -2.13. The SMILES string of the molecule is COc1cc(/C=N/NC(=O)COc2ccc(-c3ccccc3)cc2)cc(Br)c1OCc1ccccc1. The van der Waals surface area contributed by atoms with Crippen molar-refractivity contribution in [2.24, 2.45) is 5.10 Å². The van der Waals surface area contributed by atoms with E-state index in [9.17, 15) is 4.79 Å². The van der Waals surface area contributed by atoms with Gasteiger partial charge in [0.05, 0.1) is 17.8 Å². The maximum atomic E-state index is 12.2. The molecule has 6 nitrogen and oxygen atoms in total. The van der Waals surface area contributed by atoms with E-state index >= 15 is 0 Å². The summed E-state index contributed by atoms with van der Waals surface area (Å²) in [4.78, 5) is 12.2. The molecule has 1 amide bonds. The molecule has 0 saturated heterocycles. The minimum absolute atomic E-state index is 0.151. The summed E-state index contributed by atoms with van der Waals surface area (Å²) in [6.07, 6.45) is 1.53. The standard InChI is InChI=1S/C29H25BrN2O4/c1-34-27-17-22(16-26(30)29(27)36-19-21-8-4-2-5-9-21)18-31-32-28(33)20-35-25-14-12-24(13-15-25)23-10-6-3-7-11-23/h2-18H,19-20H2,1H3,(H,32,33)/b31-18+. The molecule has 182 valence electrons. The highest BCUT2D eigenvalue weighted by molar-refractivity contribution is 9.10. The van der Waals surface area contributed by atoms with Crippen molar-refractivity contribution in [3.05, 3.63) is 113 Å². The van der Waals surface area contributed by atoms with Crippen LogP contribution in [-0.4, -0.2) is 25.8 Å². The van der Waals surface area contributed by atoms with Crippen LogP contribution in [0.2, 0.25) is 0 Å². The normalized spacial score (nSPS) is 10.7. The highest BCUT2D eigenvalue weighted by Gasteiger charge is 2.12. The molecule has 0 bridgehead atoms. The van der Waals surface area contributed by atoms with Crippen LogP contribution in [0.25, 0.3) is 11.1 Å². The summed E-state index contributed by atoms with van der Waals surface area (Å²) in [7, 11) is 1.57. The highest BCUT2D eigenvalue weighted by atomic mass is 79.9. The van der Waals surface area contributed by atoms with Gasteiger partial charge in [0.1, 0.15) is 12.4 Å². The Bertz CT molecular complexity index is 1310. The number of benzene rings is 4. The number of ether oxygens (including phenoxy) is 3. The number of methoxy groups -OCH3 is 1. The number of nitrogens with one attached hydrogen (secondary N) is 1. The summed E-state index contributed by atoms with van der Waals surface area (Å²) in [5.41, 5.74) is 6.45. The highest BCUT2D eigenvalue weighted by Crippen LogP contribution is 2.36. The number of hydrazone groups is 1. The van der Waals surface area contributed by atoms with Crippen LogP contribution < -0.4 is 19.6 Å². The maximum absolute atomic E-state index is 12.2. The van der Waals surface area contributed by atoms with Gasteiger partial charge in [-0.1, -0.05) is 72.8 Å². The molecule has 0 aliphatic heterocycles. The molecule has 0 radical (unpaired) electrons. The number of hydrogen-bond acceptors (Lipinski definition) is 5. The van der Waals surface area contributed by atoms with Crippen LogP contribution in [0.1, 0.15) is 11.1 Å². The third-order valence-electron chi connectivity index (χ3n) is 5.21. The molecule has 0 aliphatic rings. The van der Waals surface area contributed by atoms with Crippen molar-refractivity contribution in [1.29, 1.82) is 0 Å². The van der Waals surface area contributed by atoms with Crippen molar-refractivity contribution in [2.45, 2.75) is 6.61 Å². The van der Waals surface area contributed by atoms with Crippen molar-refractivity contribution in [1.82, 2.24) is 5.43 Å². The zero-order valence-electron chi connectivity index (χ0n) is 19.7. The average Bonchev–Trinajstić information content (AvgIpc) is 2.92.